The average molecular weight is 784 g/mol. The molecular formula is C58H41N3. The highest BCUT2D eigenvalue weighted by Crippen LogP contribution is 2.64. The highest BCUT2D eigenvalue weighted by Gasteiger charge is 2.52. The van der Waals surface area contributed by atoms with Crippen molar-refractivity contribution in [2.45, 2.75) is 42.8 Å². The Morgan fingerprint density at radius 1 is 0.311 bits per heavy atom. The summed E-state index contributed by atoms with van der Waals surface area (Å²) >= 11 is 0. The summed E-state index contributed by atoms with van der Waals surface area (Å²) in [5.41, 5.74) is 15.4. The van der Waals surface area contributed by atoms with Gasteiger partial charge in [0.05, 0.1) is 5.41 Å². The van der Waals surface area contributed by atoms with Crippen molar-refractivity contribution in [1.82, 2.24) is 15.0 Å². The minimum Gasteiger partial charge on any atom is -0.208 e. The summed E-state index contributed by atoms with van der Waals surface area (Å²) in [4.78, 5) is 15.3. The molecule has 0 radical (unpaired) electrons. The fourth-order valence-electron chi connectivity index (χ4n) is 10.9. The first kappa shape index (κ1) is 30.8. The predicted octanol–water partition coefficient (Wildman–Crippen LogP) is 14.1. The zero-order chi connectivity index (χ0) is 43.7. The van der Waals surface area contributed by atoms with Gasteiger partial charge < -0.3 is 0 Å². The Hall–Kier alpha value is -7.23. The fraction of sp³-hybridized carbons (Fsp3) is 0.121. The number of nitrogens with zero attached hydrogens (tertiary/aromatic N) is 3. The minimum atomic E-state index is -1.80. The first-order valence-electron chi connectivity index (χ1n) is 23.3. The van der Waals surface area contributed by atoms with Crippen LogP contribution in [-0.2, 0) is 10.8 Å². The van der Waals surface area contributed by atoms with E-state index in [0.29, 0.717) is 36.7 Å². The maximum absolute atomic E-state index is 9.59. The van der Waals surface area contributed by atoms with Crippen molar-refractivity contribution in [1.29, 1.82) is 0 Å². The summed E-state index contributed by atoms with van der Waals surface area (Å²) in [6, 6.07) is 65.5. The summed E-state index contributed by atoms with van der Waals surface area (Å²) in [5.74, 6) is 1.83. The van der Waals surface area contributed by atoms with E-state index >= 15 is 0 Å². The van der Waals surface area contributed by atoms with Gasteiger partial charge in [0, 0.05) is 27.6 Å². The van der Waals surface area contributed by atoms with Gasteiger partial charge in [-0.05, 0) is 109 Å². The SMILES string of the molecule is [2H]C1([2H])CCCC([2H])([2H])C12c1ccccc1-c1ccc(-c3ccc4c(c3)C3(c5ccccc5-c5ccccc53)c3cc(-c5nc(-c6ccccc6)nc(-c6ccccc6)n5)ccc3-4)cc12. The summed E-state index contributed by atoms with van der Waals surface area (Å²) in [5, 5.41) is 0. The topological polar surface area (TPSA) is 38.7 Å². The molecule has 1 heterocycles. The summed E-state index contributed by atoms with van der Waals surface area (Å²) in [7, 11) is 0. The van der Waals surface area contributed by atoms with Gasteiger partial charge in [-0.3, -0.25) is 0 Å². The van der Waals surface area contributed by atoms with Crippen LogP contribution in [0.25, 0.3) is 78.7 Å². The van der Waals surface area contributed by atoms with Gasteiger partial charge in [-0.1, -0.05) is 189 Å². The second-order valence-electron chi connectivity index (χ2n) is 16.7. The van der Waals surface area contributed by atoms with E-state index in [9.17, 15) is 5.48 Å². The molecule has 4 aliphatic rings. The molecule has 1 saturated carbocycles. The number of fused-ring (bicyclic) bond motifs is 15. The Morgan fingerprint density at radius 3 is 1.23 bits per heavy atom. The van der Waals surface area contributed by atoms with Crippen molar-refractivity contribution in [3.05, 3.63) is 221 Å². The molecule has 3 nitrogen and oxygen atoms in total. The normalized spacial score (nSPS) is 18.1. The molecule has 1 fully saturated rings. The molecule has 61 heavy (non-hydrogen) atoms. The third kappa shape index (κ3) is 4.89. The third-order valence-electron chi connectivity index (χ3n) is 13.6. The monoisotopic (exact) mass is 783 g/mol. The Morgan fingerprint density at radius 2 is 0.689 bits per heavy atom. The van der Waals surface area contributed by atoms with Gasteiger partial charge in [0.15, 0.2) is 17.5 Å². The van der Waals surface area contributed by atoms with E-state index in [2.05, 4.69) is 103 Å². The van der Waals surface area contributed by atoms with E-state index in [-0.39, 0.29) is 0 Å². The van der Waals surface area contributed by atoms with Gasteiger partial charge in [0.25, 0.3) is 0 Å². The first-order chi connectivity index (χ1) is 31.7. The lowest BCUT2D eigenvalue weighted by atomic mass is 9.67. The Bertz CT molecular complexity index is 3320. The highest BCUT2D eigenvalue weighted by molar-refractivity contribution is 5.97. The molecule has 0 saturated heterocycles. The summed E-state index contributed by atoms with van der Waals surface area (Å²) in [6.45, 7) is 0. The molecule has 0 atom stereocenters. The number of aromatic nitrogens is 3. The maximum Gasteiger partial charge on any atom is 0.164 e. The molecule has 288 valence electrons. The average Bonchev–Trinajstić information content (AvgIpc) is 3.94. The van der Waals surface area contributed by atoms with Crippen LogP contribution in [0.3, 0.4) is 0 Å². The second kappa shape index (κ2) is 13.1. The van der Waals surface area contributed by atoms with Crippen LogP contribution in [0.1, 0.15) is 70.9 Å². The zero-order valence-electron chi connectivity index (χ0n) is 37.4. The molecule has 1 aromatic heterocycles. The van der Waals surface area contributed by atoms with Crippen molar-refractivity contribution >= 4 is 0 Å². The molecule has 0 amide bonds. The van der Waals surface area contributed by atoms with Crippen molar-refractivity contribution in [2.24, 2.45) is 0 Å². The largest absolute Gasteiger partial charge is 0.208 e. The number of hydrogen-bond donors (Lipinski definition) is 0. The van der Waals surface area contributed by atoms with Crippen molar-refractivity contribution < 1.29 is 5.48 Å². The Labute approximate surface area is 362 Å². The quantitative estimate of drug-likeness (QED) is 0.178. The van der Waals surface area contributed by atoms with Crippen LogP contribution in [-0.4, -0.2) is 15.0 Å². The van der Waals surface area contributed by atoms with Gasteiger partial charge in [0.1, 0.15) is 0 Å². The Balaban J connectivity index is 1.03. The second-order valence-corrected chi connectivity index (χ2v) is 16.7. The molecule has 2 spiro atoms. The Kier molecular flexibility index (Phi) is 6.62. The van der Waals surface area contributed by atoms with Crippen LogP contribution in [0, 0.1) is 0 Å². The van der Waals surface area contributed by atoms with Crippen LogP contribution in [0.2, 0.25) is 0 Å². The molecule has 0 bridgehead atoms. The van der Waals surface area contributed by atoms with Crippen molar-refractivity contribution in [2.75, 3.05) is 0 Å². The molecule has 8 aromatic carbocycles. The van der Waals surface area contributed by atoms with E-state index in [1.54, 1.807) is 0 Å². The first-order valence-corrected chi connectivity index (χ1v) is 21.3. The minimum absolute atomic E-state index is 0.302. The number of rotatable bonds is 4. The molecule has 0 aliphatic heterocycles. The van der Waals surface area contributed by atoms with Crippen LogP contribution >= 0.6 is 0 Å². The number of benzene rings is 8. The molecule has 13 rings (SSSR count). The lowest BCUT2D eigenvalue weighted by Gasteiger charge is -2.36. The highest BCUT2D eigenvalue weighted by atomic mass is 15.0. The van der Waals surface area contributed by atoms with Gasteiger partial charge in [-0.25, -0.2) is 15.0 Å². The van der Waals surface area contributed by atoms with Crippen LogP contribution in [0.15, 0.2) is 188 Å². The standard InChI is InChI=1S/C58H41N3/c1-4-16-37(17-5-1)54-59-55(38-18-6-2-7-19-38)61-56(60-54)41-28-31-47-46-30-27-40(39-26-29-45-42-20-8-11-23-48(42)57(51(45)34-39)32-14-3-15-33-57)35-52(46)58(53(47)36-41)49-24-12-9-21-43(49)44-22-10-13-25-50(44)58/h1-2,4-13,16-31,34-36H,3,14-15,32-33H2/i32D2,33D2. The molecule has 0 unspecified atom stereocenters. The molecule has 4 aliphatic carbocycles. The van der Waals surface area contributed by atoms with Crippen LogP contribution in [0.5, 0.6) is 0 Å². The van der Waals surface area contributed by atoms with Gasteiger partial charge in [0.2, 0.25) is 0 Å². The van der Waals surface area contributed by atoms with Crippen molar-refractivity contribution in [3.8, 4) is 78.7 Å². The molecular weight excluding hydrogens is 739 g/mol. The van der Waals surface area contributed by atoms with Gasteiger partial charge >= 0.3 is 0 Å². The van der Waals surface area contributed by atoms with Crippen LogP contribution < -0.4 is 0 Å². The fourth-order valence-corrected chi connectivity index (χ4v) is 10.9. The zero-order valence-corrected chi connectivity index (χ0v) is 33.4. The third-order valence-corrected chi connectivity index (χ3v) is 13.6. The van der Waals surface area contributed by atoms with Gasteiger partial charge in [-0.15, -0.1) is 0 Å². The molecule has 9 aromatic rings. The van der Waals surface area contributed by atoms with Crippen molar-refractivity contribution in [3.63, 3.8) is 0 Å². The predicted molar refractivity (Wildman–Crippen MR) is 247 cm³/mol. The summed E-state index contributed by atoms with van der Waals surface area (Å²) < 4.78 is 38.4. The lowest BCUT2D eigenvalue weighted by Crippen LogP contribution is -2.28. The smallest absolute Gasteiger partial charge is 0.164 e. The van der Waals surface area contributed by atoms with E-state index < -0.39 is 23.6 Å². The van der Waals surface area contributed by atoms with Crippen LogP contribution in [0.4, 0.5) is 0 Å². The van der Waals surface area contributed by atoms with E-state index in [4.69, 9.17) is 15.0 Å². The summed E-state index contributed by atoms with van der Waals surface area (Å²) in [6.07, 6.45) is -2.48. The van der Waals surface area contributed by atoms with E-state index in [0.717, 1.165) is 66.8 Å². The maximum atomic E-state index is 9.59. The molecule has 0 N–H and O–H groups in total. The van der Waals surface area contributed by atoms with E-state index in [1.807, 2.05) is 84.9 Å². The van der Waals surface area contributed by atoms with Gasteiger partial charge in [-0.2, -0.15) is 0 Å². The number of hydrogen-bond acceptors (Lipinski definition) is 3. The lowest BCUT2D eigenvalue weighted by molar-refractivity contribution is 0.353. The van der Waals surface area contributed by atoms with E-state index in [1.165, 1.54) is 27.8 Å². The molecule has 3 heteroatoms.